The molecule has 0 radical (unpaired) electrons. The molecule has 146 valence electrons. The topological polar surface area (TPSA) is 0 Å². The fourth-order valence-corrected chi connectivity index (χ4v) is 6.09. The average molecular weight is 397 g/mol. The maximum atomic E-state index is 2.41. The highest BCUT2D eigenvalue weighted by Gasteiger charge is 2.12. The van der Waals surface area contributed by atoms with E-state index in [1.807, 2.05) is 0 Å². The maximum Gasteiger partial charge on any atom is 0.00798 e. The number of aryl methyl sites for hydroxylation is 4. The van der Waals surface area contributed by atoms with Crippen LogP contribution in [0.25, 0.3) is 21.5 Å². The summed E-state index contributed by atoms with van der Waals surface area (Å²) in [5.74, 6) is 0. The van der Waals surface area contributed by atoms with E-state index < -0.39 is 0 Å². The van der Waals surface area contributed by atoms with E-state index in [0.717, 1.165) is 0 Å². The second-order valence-corrected chi connectivity index (χ2v) is 9.44. The lowest BCUT2D eigenvalue weighted by molar-refractivity contribution is 0.690. The van der Waals surface area contributed by atoms with Gasteiger partial charge in [0.2, 0.25) is 0 Å². The van der Waals surface area contributed by atoms with Crippen LogP contribution in [-0.2, 0) is 25.7 Å². The van der Waals surface area contributed by atoms with E-state index in [-0.39, 0.29) is 0 Å². The van der Waals surface area contributed by atoms with E-state index in [9.17, 15) is 0 Å². The van der Waals surface area contributed by atoms with Crippen molar-refractivity contribution in [2.75, 3.05) is 0 Å². The van der Waals surface area contributed by atoms with Crippen LogP contribution in [0.2, 0.25) is 0 Å². The SMILES string of the molecule is c1ccc2c(c1)ccc1c(sc3c(ccc4ccccc42)CCCC3)CCCC1. The fourth-order valence-electron chi connectivity index (χ4n) is 4.69. The molecule has 0 bridgehead atoms. The quantitative estimate of drug-likeness (QED) is 0.360. The molecule has 2 aliphatic rings. The highest BCUT2D eigenvalue weighted by molar-refractivity contribution is 7.11. The normalized spacial score (nSPS) is 15.2. The number of benzene rings is 2. The molecular formula is C28H28S. The third-order valence-electron chi connectivity index (χ3n) is 6.30. The molecule has 0 saturated heterocycles. The molecule has 0 nitrogen and oxygen atoms in total. The lowest BCUT2D eigenvalue weighted by atomic mass is 9.98. The summed E-state index contributed by atoms with van der Waals surface area (Å²) in [5, 5.41) is 5.28. The van der Waals surface area contributed by atoms with Crippen molar-refractivity contribution in [3.63, 3.8) is 0 Å². The van der Waals surface area contributed by atoms with Crippen LogP contribution >= 0.6 is 11.3 Å². The predicted molar refractivity (Wildman–Crippen MR) is 128 cm³/mol. The van der Waals surface area contributed by atoms with Crippen molar-refractivity contribution in [1.82, 2.24) is 0 Å². The molecule has 1 aromatic heterocycles. The lowest BCUT2D eigenvalue weighted by Crippen LogP contribution is -2.02. The maximum absolute atomic E-state index is 2.41. The molecule has 0 amide bonds. The van der Waals surface area contributed by atoms with Gasteiger partial charge in [0.15, 0.2) is 0 Å². The Balaban J connectivity index is 1.93. The van der Waals surface area contributed by atoms with Crippen LogP contribution in [0.4, 0.5) is 0 Å². The first-order valence-corrected chi connectivity index (χ1v) is 11.9. The van der Waals surface area contributed by atoms with Gasteiger partial charge >= 0.3 is 0 Å². The van der Waals surface area contributed by atoms with Crippen molar-refractivity contribution >= 4 is 32.9 Å². The summed E-state index contributed by atoms with van der Waals surface area (Å²) in [4.78, 5) is 3.23. The van der Waals surface area contributed by atoms with Crippen LogP contribution in [0.15, 0.2) is 72.8 Å². The zero-order chi connectivity index (χ0) is 19.5. The predicted octanol–water partition coefficient (Wildman–Crippen LogP) is 8.06. The zero-order valence-electron chi connectivity index (χ0n) is 17.0. The zero-order valence-corrected chi connectivity index (χ0v) is 17.8. The molecule has 5 rings (SSSR count). The molecule has 2 aromatic carbocycles. The second kappa shape index (κ2) is 8.55. The summed E-state index contributed by atoms with van der Waals surface area (Å²) < 4.78 is 0. The summed E-state index contributed by atoms with van der Waals surface area (Å²) in [6, 6.07) is 27.2. The number of fused-ring (bicyclic) bond motifs is 5. The molecule has 3 aromatic rings. The molecule has 0 atom stereocenters. The Hall–Kier alpha value is -2.38. The molecule has 0 aliphatic heterocycles. The van der Waals surface area contributed by atoms with Gasteiger partial charge in [0.05, 0.1) is 0 Å². The van der Waals surface area contributed by atoms with Gasteiger partial charge in [0, 0.05) is 9.75 Å². The highest BCUT2D eigenvalue weighted by Crippen LogP contribution is 2.30. The van der Waals surface area contributed by atoms with Crippen LogP contribution in [0, 0.1) is 0 Å². The highest BCUT2D eigenvalue weighted by atomic mass is 32.1. The molecule has 1 heterocycles. The van der Waals surface area contributed by atoms with E-state index in [2.05, 4.69) is 84.1 Å². The fraction of sp³-hybridized carbons (Fsp3) is 0.286. The van der Waals surface area contributed by atoms with Gasteiger partial charge in [-0.25, -0.2) is 0 Å². The Morgan fingerprint density at radius 3 is 1.41 bits per heavy atom. The van der Waals surface area contributed by atoms with Gasteiger partial charge in [-0.2, -0.15) is 0 Å². The van der Waals surface area contributed by atoms with Crippen molar-refractivity contribution in [3.8, 4) is 0 Å². The summed E-state index contributed by atoms with van der Waals surface area (Å²) >= 11 is 2.10. The van der Waals surface area contributed by atoms with Crippen molar-refractivity contribution < 1.29 is 0 Å². The molecule has 29 heavy (non-hydrogen) atoms. The van der Waals surface area contributed by atoms with Gasteiger partial charge in [-0.15, -0.1) is 11.3 Å². The molecule has 0 N–H and O–H groups in total. The lowest BCUT2D eigenvalue weighted by Gasteiger charge is -2.16. The Morgan fingerprint density at radius 1 is 0.448 bits per heavy atom. The number of rotatable bonds is 0. The molecule has 0 fully saturated rings. The molecule has 1 heteroatoms. The first-order chi connectivity index (χ1) is 14.4. The monoisotopic (exact) mass is 396 g/mol. The summed E-state index contributed by atoms with van der Waals surface area (Å²) in [5.41, 5.74) is 3.12. The van der Waals surface area contributed by atoms with Crippen molar-refractivity contribution in [3.05, 3.63) is 93.7 Å². The van der Waals surface area contributed by atoms with Gasteiger partial charge in [-0.3, -0.25) is 0 Å². The van der Waals surface area contributed by atoms with Gasteiger partial charge in [-0.05, 0) is 84.0 Å². The summed E-state index contributed by atoms with van der Waals surface area (Å²) in [6.45, 7) is 0. The third kappa shape index (κ3) is 4.02. The minimum Gasteiger partial charge on any atom is -0.145 e. The van der Waals surface area contributed by atoms with Gasteiger partial charge in [0.1, 0.15) is 0 Å². The van der Waals surface area contributed by atoms with Crippen LogP contribution in [0.3, 0.4) is 0 Å². The molecular weight excluding hydrogens is 368 g/mol. The minimum absolute atomic E-state index is 1.22. The number of hydrogen-bond donors (Lipinski definition) is 0. The second-order valence-electron chi connectivity index (χ2n) is 8.25. The molecule has 2 aliphatic carbocycles. The first kappa shape index (κ1) is 18.6. The Bertz CT molecular complexity index is 1070. The molecule has 0 unspecified atom stereocenters. The Morgan fingerprint density at radius 2 is 0.897 bits per heavy atom. The summed E-state index contributed by atoms with van der Waals surface area (Å²) in [7, 11) is 0. The standard InChI is InChI=1S/C28H28S/c1-5-13-25-21(9-1)17-19-23-11-3-7-15-27(23)29-28-16-8-4-12-24(28)20-18-22-10-2-6-14-26(22)25/h1-2,5-6,9-10,13-14,17-20H,3-4,7-8,11-12,15-16H2. The van der Waals surface area contributed by atoms with Gasteiger partial charge in [0.25, 0.3) is 0 Å². The molecule has 0 saturated carbocycles. The van der Waals surface area contributed by atoms with E-state index >= 15 is 0 Å². The van der Waals surface area contributed by atoms with Crippen LogP contribution in [0.1, 0.15) is 46.6 Å². The largest absolute Gasteiger partial charge is 0.145 e. The van der Waals surface area contributed by atoms with Crippen LogP contribution in [-0.4, -0.2) is 0 Å². The van der Waals surface area contributed by atoms with E-state index in [1.165, 1.54) is 72.9 Å². The third-order valence-corrected chi connectivity index (χ3v) is 7.73. The van der Waals surface area contributed by atoms with Gasteiger partial charge < -0.3 is 0 Å². The van der Waals surface area contributed by atoms with Crippen LogP contribution < -0.4 is 0 Å². The van der Waals surface area contributed by atoms with Crippen molar-refractivity contribution in [2.24, 2.45) is 0 Å². The first-order valence-electron chi connectivity index (χ1n) is 11.0. The van der Waals surface area contributed by atoms with Crippen molar-refractivity contribution in [1.29, 1.82) is 0 Å². The summed E-state index contributed by atoms with van der Waals surface area (Å²) in [6.07, 6.45) is 10.2. The average Bonchev–Trinajstić information content (AvgIpc) is 2.79. The van der Waals surface area contributed by atoms with Crippen LogP contribution in [0.5, 0.6) is 0 Å². The Kier molecular flexibility index (Phi) is 5.49. The number of hydrogen-bond acceptors (Lipinski definition) is 1. The minimum atomic E-state index is 1.22. The van der Waals surface area contributed by atoms with E-state index in [4.69, 9.17) is 0 Å². The van der Waals surface area contributed by atoms with Gasteiger partial charge in [-0.1, -0.05) is 72.8 Å². The van der Waals surface area contributed by atoms with E-state index in [1.54, 1.807) is 20.9 Å². The van der Waals surface area contributed by atoms with Crippen molar-refractivity contribution in [2.45, 2.75) is 51.4 Å². The smallest absolute Gasteiger partial charge is 0.00798 e. The molecule has 0 spiro atoms. The Labute approximate surface area is 177 Å². The van der Waals surface area contributed by atoms with E-state index in [0.29, 0.717) is 0 Å².